The van der Waals surface area contributed by atoms with Gasteiger partial charge < -0.3 is 0 Å². The Morgan fingerprint density at radius 2 is 1.94 bits per heavy atom. The van der Waals surface area contributed by atoms with Crippen LogP contribution < -0.4 is 9.13 Å². The maximum absolute atomic E-state index is 2.22. The first-order chi connectivity index (χ1) is 7.47. The Morgan fingerprint density at radius 3 is 2.50 bits per heavy atom. The van der Waals surface area contributed by atoms with Crippen LogP contribution in [-0.2, 0) is 12.6 Å². The van der Waals surface area contributed by atoms with Gasteiger partial charge in [0.2, 0.25) is 12.5 Å². The van der Waals surface area contributed by atoms with Crippen LogP contribution in [0.15, 0.2) is 43.2 Å². The van der Waals surface area contributed by atoms with Gasteiger partial charge in [-0.15, -0.1) is 0 Å². The molecule has 0 aromatic carbocycles. The zero-order valence-electron chi connectivity index (χ0n) is 10.4. The van der Waals surface area contributed by atoms with Crippen molar-refractivity contribution in [2.45, 2.75) is 26.3 Å². The molecule has 3 heteroatoms. The Bertz CT molecular complexity index is 492. The largest absolute Gasteiger partial charge is 0.248 e. The van der Waals surface area contributed by atoms with Gasteiger partial charge in [-0.3, -0.25) is 0 Å². The number of nitrogens with zero attached hydrogens (tertiary/aromatic N) is 3. The van der Waals surface area contributed by atoms with Gasteiger partial charge in [0.1, 0.15) is 12.4 Å². The van der Waals surface area contributed by atoms with Crippen LogP contribution in [0.5, 0.6) is 0 Å². The first kappa shape index (κ1) is 10.9. The molecule has 0 radical (unpaired) electrons. The topological polar surface area (TPSA) is 12.7 Å². The highest BCUT2D eigenvalue weighted by Gasteiger charge is 2.22. The van der Waals surface area contributed by atoms with E-state index in [-0.39, 0.29) is 5.54 Å². The lowest BCUT2D eigenvalue weighted by Gasteiger charge is -2.12. The van der Waals surface area contributed by atoms with E-state index in [0.717, 1.165) is 0 Å². The number of rotatable bonds is 1. The zero-order valence-corrected chi connectivity index (χ0v) is 10.4. The van der Waals surface area contributed by atoms with Crippen molar-refractivity contribution in [2.75, 3.05) is 0 Å². The molecule has 0 N–H and O–H groups in total. The molecule has 0 unspecified atom stereocenters. The number of hydrogen-bond donors (Lipinski definition) is 0. The Labute approximate surface area is 96.6 Å². The summed E-state index contributed by atoms with van der Waals surface area (Å²) in [5.41, 5.74) is 1.30. The Hall–Kier alpha value is -1.64. The maximum atomic E-state index is 2.22. The summed E-state index contributed by atoms with van der Waals surface area (Å²) in [6.45, 7) is 6.60. The van der Waals surface area contributed by atoms with E-state index in [2.05, 4.69) is 67.0 Å². The fourth-order valence-corrected chi connectivity index (χ4v) is 1.64. The number of aromatic nitrogens is 3. The normalized spacial score (nSPS) is 11.8. The van der Waals surface area contributed by atoms with E-state index >= 15 is 0 Å². The second-order valence-electron chi connectivity index (χ2n) is 5.13. The van der Waals surface area contributed by atoms with E-state index in [4.69, 9.17) is 0 Å². The third-order valence-electron chi connectivity index (χ3n) is 2.63. The Kier molecular flexibility index (Phi) is 2.54. The molecule has 0 atom stereocenters. The van der Waals surface area contributed by atoms with Crippen molar-refractivity contribution in [1.29, 1.82) is 0 Å². The van der Waals surface area contributed by atoms with Crippen molar-refractivity contribution in [3.63, 3.8) is 0 Å². The van der Waals surface area contributed by atoms with Gasteiger partial charge in [-0.25, -0.2) is 4.57 Å². The molecule has 0 aliphatic heterocycles. The van der Waals surface area contributed by atoms with E-state index in [1.807, 2.05) is 17.8 Å². The first-order valence-electron chi connectivity index (χ1n) is 5.52. The first-order valence-corrected chi connectivity index (χ1v) is 5.52. The van der Waals surface area contributed by atoms with Crippen LogP contribution in [0.25, 0.3) is 5.69 Å². The van der Waals surface area contributed by atoms with Gasteiger partial charge in [0.05, 0.1) is 7.05 Å². The molecule has 0 aliphatic carbocycles. The fraction of sp³-hybridized carbons (Fsp3) is 0.385. The van der Waals surface area contributed by atoms with Gasteiger partial charge in [0.25, 0.3) is 0 Å². The molecule has 0 amide bonds. The van der Waals surface area contributed by atoms with E-state index in [9.17, 15) is 0 Å². The summed E-state index contributed by atoms with van der Waals surface area (Å²) in [6.07, 6.45) is 10.4. The number of pyridine rings is 1. The number of aryl methyl sites for hydroxylation is 1. The molecule has 2 aromatic rings. The van der Waals surface area contributed by atoms with Crippen LogP contribution in [0, 0.1) is 0 Å². The Balaban J connectivity index is 2.44. The fourth-order valence-electron chi connectivity index (χ4n) is 1.64. The van der Waals surface area contributed by atoms with Crippen LogP contribution in [0.2, 0.25) is 0 Å². The molecular formula is C13H19N3+2. The van der Waals surface area contributed by atoms with Gasteiger partial charge in [-0.05, 0) is 6.07 Å². The van der Waals surface area contributed by atoms with E-state index in [1.54, 1.807) is 0 Å². The molecule has 84 valence electrons. The molecule has 0 saturated carbocycles. The summed E-state index contributed by atoms with van der Waals surface area (Å²) in [5.74, 6) is 0. The van der Waals surface area contributed by atoms with Gasteiger partial charge >= 0.3 is 0 Å². The summed E-state index contributed by atoms with van der Waals surface area (Å²) >= 11 is 0. The SMILES string of the molecule is C[n+]1ccn(-c2ccc[n+](C(C)(C)C)c2)c1. The van der Waals surface area contributed by atoms with Crippen molar-refractivity contribution in [3.8, 4) is 5.69 Å². The third kappa shape index (κ3) is 2.13. The monoisotopic (exact) mass is 217 g/mol. The lowest BCUT2D eigenvalue weighted by molar-refractivity contribution is -0.753. The van der Waals surface area contributed by atoms with E-state index in [0.29, 0.717) is 0 Å². The van der Waals surface area contributed by atoms with Gasteiger partial charge in [-0.2, -0.15) is 9.13 Å². The second-order valence-corrected chi connectivity index (χ2v) is 5.13. The minimum absolute atomic E-state index is 0.116. The van der Waals surface area contributed by atoms with E-state index < -0.39 is 0 Å². The summed E-state index contributed by atoms with van der Waals surface area (Å²) in [5, 5.41) is 0. The molecule has 16 heavy (non-hydrogen) atoms. The standard InChI is InChI=1S/C13H19N3/c1-13(2,3)16-7-5-6-12(10-16)15-9-8-14(4)11-15/h5-11H,1-4H3/q+2. The van der Waals surface area contributed by atoms with Gasteiger partial charge in [0, 0.05) is 26.8 Å². The molecule has 0 fully saturated rings. The van der Waals surface area contributed by atoms with Gasteiger partial charge in [-0.1, -0.05) is 0 Å². The van der Waals surface area contributed by atoms with Crippen molar-refractivity contribution < 1.29 is 9.13 Å². The Morgan fingerprint density at radius 1 is 1.19 bits per heavy atom. The molecular weight excluding hydrogens is 198 g/mol. The molecule has 0 aliphatic rings. The summed E-state index contributed by atoms with van der Waals surface area (Å²) in [6, 6.07) is 4.20. The quantitative estimate of drug-likeness (QED) is 0.639. The highest BCUT2D eigenvalue weighted by Crippen LogP contribution is 2.07. The molecule has 3 nitrogen and oxygen atoms in total. The zero-order chi connectivity index (χ0) is 11.8. The van der Waals surface area contributed by atoms with Gasteiger partial charge in [0.15, 0.2) is 17.4 Å². The molecule has 0 bridgehead atoms. The minimum atomic E-state index is 0.116. The summed E-state index contributed by atoms with van der Waals surface area (Å²) in [4.78, 5) is 0. The van der Waals surface area contributed by atoms with Crippen molar-refractivity contribution in [3.05, 3.63) is 43.2 Å². The molecule has 2 aromatic heterocycles. The summed E-state index contributed by atoms with van der Waals surface area (Å²) in [7, 11) is 2.03. The third-order valence-corrected chi connectivity index (χ3v) is 2.63. The minimum Gasteiger partial charge on any atom is -0.239 e. The lowest BCUT2D eigenvalue weighted by atomic mass is 10.1. The van der Waals surface area contributed by atoms with Crippen molar-refractivity contribution in [2.24, 2.45) is 7.05 Å². The molecule has 0 saturated heterocycles. The van der Waals surface area contributed by atoms with Crippen LogP contribution in [-0.4, -0.2) is 4.57 Å². The predicted octanol–water partition coefficient (Wildman–Crippen LogP) is 1.34. The van der Waals surface area contributed by atoms with Crippen LogP contribution in [0.3, 0.4) is 0 Å². The van der Waals surface area contributed by atoms with Crippen molar-refractivity contribution >= 4 is 0 Å². The lowest BCUT2D eigenvalue weighted by Crippen LogP contribution is -2.49. The highest BCUT2D eigenvalue weighted by molar-refractivity contribution is 5.24. The predicted molar refractivity (Wildman–Crippen MR) is 62.1 cm³/mol. The molecule has 2 heterocycles. The van der Waals surface area contributed by atoms with E-state index in [1.165, 1.54) is 5.69 Å². The average molecular weight is 217 g/mol. The molecule has 2 rings (SSSR count). The summed E-state index contributed by atoms with van der Waals surface area (Å²) < 4.78 is 6.37. The van der Waals surface area contributed by atoms with Crippen molar-refractivity contribution in [1.82, 2.24) is 4.57 Å². The number of imidazole rings is 1. The molecule has 0 spiro atoms. The number of hydrogen-bond acceptors (Lipinski definition) is 0. The second kappa shape index (κ2) is 3.74. The average Bonchev–Trinajstić information content (AvgIpc) is 2.64. The van der Waals surface area contributed by atoms with Crippen LogP contribution in [0.1, 0.15) is 20.8 Å². The maximum Gasteiger partial charge on any atom is 0.248 e. The van der Waals surface area contributed by atoms with Crippen LogP contribution >= 0.6 is 0 Å². The highest BCUT2D eigenvalue weighted by atomic mass is 15.1. The van der Waals surface area contributed by atoms with Crippen LogP contribution in [0.4, 0.5) is 0 Å². The smallest absolute Gasteiger partial charge is 0.239 e.